The van der Waals surface area contributed by atoms with E-state index in [1.54, 1.807) is 11.8 Å². The molecular formula is C9H10NOS-. The fourth-order valence-corrected chi connectivity index (χ4v) is 2.31. The summed E-state index contributed by atoms with van der Waals surface area (Å²) in [4.78, 5) is 1.26. The number of hydrogen-bond acceptors (Lipinski definition) is 3. The standard InChI is InChI=1S/C9H10NOS/c11-10-5-6-12-9-4-2-1-3-8(9)7-10/h1-4H,5-7H2/q-1. The fourth-order valence-electron chi connectivity index (χ4n) is 1.30. The average molecular weight is 180 g/mol. The van der Waals surface area contributed by atoms with E-state index >= 15 is 0 Å². The zero-order valence-corrected chi connectivity index (χ0v) is 7.51. The molecule has 1 aliphatic rings. The number of fused-ring (bicyclic) bond motifs is 1. The summed E-state index contributed by atoms with van der Waals surface area (Å²) in [7, 11) is 0. The molecule has 0 amide bonds. The van der Waals surface area contributed by atoms with Crippen LogP contribution in [0.1, 0.15) is 5.56 Å². The quantitative estimate of drug-likeness (QED) is 0.611. The molecule has 0 unspecified atom stereocenters. The molecule has 0 aromatic heterocycles. The second-order valence-electron chi connectivity index (χ2n) is 2.82. The van der Waals surface area contributed by atoms with Gasteiger partial charge in [0.2, 0.25) is 0 Å². The number of hydroxylamine groups is 2. The van der Waals surface area contributed by atoms with Crippen LogP contribution in [-0.2, 0) is 6.54 Å². The summed E-state index contributed by atoms with van der Waals surface area (Å²) in [6.07, 6.45) is 0. The third kappa shape index (κ3) is 1.63. The zero-order valence-electron chi connectivity index (χ0n) is 6.69. The minimum absolute atomic E-state index is 0.545. The third-order valence-corrected chi connectivity index (χ3v) is 3.01. The predicted octanol–water partition coefficient (Wildman–Crippen LogP) is 2.09. The summed E-state index contributed by atoms with van der Waals surface area (Å²) in [5, 5.41) is 12.3. The highest BCUT2D eigenvalue weighted by Gasteiger charge is 2.07. The van der Waals surface area contributed by atoms with Crippen LogP contribution in [0.2, 0.25) is 0 Å². The van der Waals surface area contributed by atoms with Gasteiger partial charge in [0.1, 0.15) is 0 Å². The molecule has 0 fully saturated rings. The Labute approximate surface area is 76.2 Å². The Morgan fingerprint density at radius 1 is 1.33 bits per heavy atom. The predicted molar refractivity (Wildman–Crippen MR) is 50.9 cm³/mol. The van der Waals surface area contributed by atoms with Crippen LogP contribution in [0.4, 0.5) is 0 Å². The van der Waals surface area contributed by atoms with Crippen LogP contribution >= 0.6 is 11.8 Å². The Bertz CT molecular complexity index is 277. The van der Waals surface area contributed by atoms with Gasteiger partial charge in [0.15, 0.2) is 0 Å². The lowest BCUT2D eigenvalue weighted by Gasteiger charge is -2.25. The highest BCUT2D eigenvalue weighted by molar-refractivity contribution is 7.99. The van der Waals surface area contributed by atoms with Crippen molar-refractivity contribution in [2.45, 2.75) is 11.4 Å². The van der Waals surface area contributed by atoms with Crippen LogP contribution in [0, 0.1) is 5.21 Å². The van der Waals surface area contributed by atoms with Crippen molar-refractivity contribution in [3.05, 3.63) is 35.0 Å². The van der Waals surface area contributed by atoms with Crippen molar-refractivity contribution in [1.29, 1.82) is 0 Å². The average Bonchev–Trinajstić information content (AvgIpc) is 2.25. The van der Waals surface area contributed by atoms with Gasteiger partial charge in [-0.25, -0.2) is 0 Å². The zero-order chi connectivity index (χ0) is 8.39. The first-order valence-corrected chi connectivity index (χ1v) is 4.97. The van der Waals surface area contributed by atoms with E-state index in [0.717, 1.165) is 16.4 Å². The van der Waals surface area contributed by atoms with Gasteiger partial charge in [-0.3, -0.25) is 0 Å². The first-order chi connectivity index (χ1) is 5.86. The molecule has 0 N–H and O–H groups in total. The molecule has 1 aliphatic heterocycles. The monoisotopic (exact) mass is 180 g/mol. The van der Waals surface area contributed by atoms with E-state index < -0.39 is 0 Å². The van der Waals surface area contributed by atoms with Crippen molar-refractivity contribution in [2.75, 3.05) is 12.3 Å². The number of nitrogens with zero attached hydrogens (tertiary/aromatic N) is 1. The molecule has 0 bridgehead atoms. The minimum atomic E-state index is 0.545. The van der Waals surface area contributed by atoms with Gasteiger partial charge in [-0.05, 0) is 18.2 Å². The summed E-state index contributed by atoms with van der Waals surface area (Å²) in [5.41, 5.74) is 1.16. The van der Waals surface area contributed by atoms with Crippen LogP contribution in [0.15, 0.2) is 29.2 Å². The Balaban J connectivity index is 2.31. The van der Waals surface area contributed by atoms with Crippen molar-refractivity contribution < 1.29 is 0 Å². The Hall–Kier alpha value is -0.510. The number of rotatable bonds is 0. The fraction of sp³-hybridized carbons (Fsp3) is 0.333. The van der Waals surface area contributed by atoms with Gasteiger partial charge in [0, 0.05) is 17.2 Å². The van der Waals surface area contributed by atoms with Gasteiger partial charge >= 0.3 is 0 Å². The second-order valence-corrected chi connectivity index (χ2v) is 3.96. The molecule has 2 rings (SSSR count). The largest absolute Gasteiger partial charge is 0.785 e. The maximum atomic E-state index is 11.1. The molecule has 0 radical (unpaired) electrons. The van der Waals surface area contributed by atoms with Crippen molar-refractivity contribution in [2.24, 2.45) is 0 Å². The van der Waals surface area contributed by atoms with Crippen LogP contribution in [0.25, 0.3) is 0 Å². The molecule has 2 nitrogen and oxygen atoms in total. The summed E-state index contributed by atoms with van der Waals surface area (Å²) in [6.45, 7) is 1.18. The Kier molecular flexibility index (Phi) is 2.35. The minimum Gasteiger partial charge on any atom is -0.785 e. The summed E-state index contributed by atoms with van der Waals surface area (Å²) < 4.78 is 0. The molecule has 0 aliphatic carbocycles. The number of hydrogen-bond donors (Lipinski definition) is 0. The molecule has 1 aromatic carbocycles. The first kappa shape index (κ1) is 8.10. The van der Waals surface area contributed by atoms with Gasteiger partial charge in [-0.2, -0.15) is 0 Å². The third-order valence-electron chi connectivity index (χ3n) is 1.92. The Morgan fingerprint density at radius 2 is 2.17 bits per heavy atom. The van der Waals surface area contributed by atoms with Crippen molar-refractivity contribution in [3.8, 4) is 0 Å². The van der Waals surface area contributed by atoms with Crippen molar-refractivity contribution in [3.63, 3.8) is 0 Å². The normalized spacial score (nSPS) is 18.4. The number of thioether (sulfide) groups is 1. The topological polar surface area (TPSA) is 26.3 Å². The van der Waals surface area contributed by atoms with Crippen LogP contribution in [0.5, 0.6) is 0 Å². The van der Waals surface area contributed by atoms with Gasteiger partial charge in [-0.1, -0.05) is 18.2 Å². The molecule has 0 atom stereocenters. The van der Waals surface area contributed by atoms with E-state index in [4.69, 9.17) is 0 Å². The molecule has 0 spiro atoms. The molecule has 1 heterocycles. The smallest absolute Gasteiger partial charge is 0.0125 e. The first-order valence-electron chi connectivity index (χ1n) is 3.99. The van der Waals surface area contributed by atoms with Crippen molar-refractivity contribution >= 4 is 11.8 Å². The van der Waals surface area contributed by atoms with E-state index in [2.05, 4.69) is 6.07 Å². The summed E-state index contributed by atoms with van der Waals surface area (Å²) in [5.74, 6) is 0.903. The lowest BCUT2D eigenvalue weighted by molar-refractivity contribution is 0.395. The van der Waals surface area contributed by atoms with Crippen LogP contribution < -0.4 is 0 Å². The molecule has 0 saturated carbocycles. The van der Waals surface area contributed by atoms with E-state index in [9.17, 15) is 5.21 Å². The van der Waals surface area contributed by atoms with Gasteiger partial charge in [0.05, 0.1) is 0 Å². The molecule has 64 valence electrons. The molecule has 1 aromatic rings. The molecule has 12 heavy (non-hydrogen) atoms. The van der Waals surface area contributed by atoms with Crippen LogP contribution in [0.3, 0.4) is 0 Å². The van der Waals surface area contributed by atoms with Crippen molar-refractivity contribution in [1.82, 2.24) is 5.06 Å². The summed E-state index contributed by atoms with van der Waals surface area (Å²) >= 11 is 1.77. The Morgan fingerprint density at radius 3 is 3.08 bits per heavy atom. The van der Waals surface area contributed by atoms with E-state index in [0.29, 0.717) is 13.1 Å². The SMILES string of the molecule is [O-]N1CCSc2ccccc2C1. The van der Waals surface area contributed by atoms with E-state index in [1.807, 2.05) is 18.2 Å². The molecule has 3 heteroatoms. The molecule has 0 saturated heterocycles. The second kappa shape index (κ2) is 3.47. The highest BCUT2D eigenvalue weighted by atomic mass is 32.2. The van der Waals surface area contributed by atoms with Gasteiger partial charge < -0.3 is 10.3 Å². The van der Waals surface area contributed by atoms with E-state index in [1.165, 1.54) is 4.90 Å². The van der Waals surface area contributed by atoms with Gasteiger partial charge in [-0.15, -0.1) is 11.8 Å². The van der Waals surface area contributed by atoms with Gasteiger partial charge in [0.25, 0.3) is 0 Å². The molecular weight excluding hydrogens is 170 g/mol. The lowest BCUT2D eigenvalue weighted by Crippen LogP contribution is -2.16. The maximum absolute atomic E-state index is 11.1. The maximum Gasteiger partial charge on any atom is 0.0125 e. The van der Waals surface area contributed by atoms with Crippen LogP contribution in [-0.4, -0.2) is 17.4 Å². The van der Waals surface area contributed by atoms with E-state index in [-0.39, 0.29) is 0 Å². The summed E-state index contributed by atoms with van der Waals surface area (Å²) in [6, 6.07) is 8.11. The highest BCUT2D eigenvalue weighted by Crippen LogP contribution is 2.26. The lowest BCUT2D eigenvalue weighted by atomic mass is 10.2. The number of benzene rings is 1.